The third-order valence-electron chi connectivity index (χ3n) is 3.08. The Morgan fingerprint density at radius 2 is 2.07 bits per heavy atom. The molecule has 2 nitrogen and oxygen atoms in total. The maximum atomic E-state index is 5.55. The largest absolute Gasteiger partial charge is 0.358 e. The highest BCUT2D eigenvalue weighted by atomic mass is 14.7. The highest BCUT2D eigenvalue weighted by Gasteiger charge is 2.06. The van der Waals surface area contributed by atoms with E-state index < -0.39 is 0 Å². The number of fused-ring (bicyclic) bond motifs is 1. The highest BCUT2D eigenvalue weighted by Crippen LogP contribution is 2.24. The van der Waals surface area contributed by atoms with Gasteiger partial charge in [-0.1, -0.05) is 18.2 Å². The molecule has 0 atom stereocenters. The zero-order chi connectivity index (χ0) is 10.8. The van der Waals surface area contributed by atoms with E-state index in [0.29, 0.717) is 0 Å². The summed E-state index contributed by atoms with van der Waals surface area (Å²) in [5.41, 5.74) is 10.9. The van der Waals surface area contributed by atoms with Crippen LogP contribution in [0.3, 0.4) is 0 Å². The van der Waals surface area contributed by atoms with Gasteiger partial charge in [0.05, 0.1) is 0 Å². The molecule has 3 N–H and O–H groups in total. The Morgan fingerprint density at radius 1 is 1.27 bits per heavy atom. The zero-order valence-electron chi connectivity index (χ0n) is 9.43. The molecule has 0 saturated carbocycles. The lowest BCUT2D eigenvalue weighted by molar-refractivity contribution is 0.836. The second-order valence-electron chi connectivity index (χ2n) is 4.11. The van der Waals surface area contributed by atoms with Crippen molar-refractivity contribution >= 4 is 10.9 Å². The Labute approximate surface area is 90.5 Å². The molecule has 15 heavy (non-hydrogen) atoms. The number of hydrogen-bond donors (Lipinski definition) is 2. The molecule has 1 aromatic carbocycles. The van der Waals surface area contributed by atoms with Crippen molar-refractivity contribution in [3.05, 3.63) is 35.0 Å². The van der Waals surface area contributed by atoms with E-state index in [0.717, 1.165) is 19.4 Å². The molecule has 2 heteroatoms. The van der Waals surface area contributed by atoms with Crippen LogP contribution in [0, 0.1) is 13.8 Å². The van der Waals surface area contributed by atoms with Gasteiger partial charge < -0.3 is 10.7 Å². The molecule has 80 valence electrons. The summed E-state index contributed by atoms with van der Waals surface area (Å²) >= 11 is 0. The number of aromatic nitrogens is 1. The number of aromatic amines is 1. The molecule has 0 unspecified atom stereocenters. The van der Waals surface area contributed by atoms with Gasteiger partial charge in [-0.25, -0.2) is 0 Å². The summed E-state index contributed by atoms with van der Waals surface area (Å²) in [5.74, 6) is 0. The number of para-hydroxylation sites is 1. The van der Waals surface area contributed by atoms with E-state index in [9.17, 15) is 0 Å². The Bertz CT molecular complexity index is 469. The van der Waals surface area contributed by atoms with Gasteiger partial charge in [-0.2, -0.15) is 0 Å². The smallest absolute Gasteiger partial charge is 0.0491 e. The van der Waals surface area contributed by atoms with Gasteiger partial charge in [0.1, 0.15) is 0 Å². The van der Waals surface area contributed by atoms with Gasteiger partial charge in [0.15, 0.2) is 0 Å². The summed E-state index contributed by atoms with van der Waals surface area (Å²) in [6.07, 6.45) is 2.11. The first-order chi connectivity index (χ1) is 7.24. The fraction of sp³-hybridized carbons (Fsp3) is 0.385. The van der Waals surface area contributed by atoms with Crippen LogP contribution >= 0.6 is 0 Å². The summed E-state index contributed by atoms with van der Waals surface area (Å²) in [6.45, 7) is 5.05. The number of hydrogen-bond acceptors (Lipinski definition) is 1. The third-order valence-corrected chi connectivity index (χ3v) is 3.08. The van der Waals surface area contributed by atoms with Crippen molar-refractivity contribution in [1.29, 1.82) is 0 Å². The molecule has 0 aliphatic carbocycles. The summed E-state index contributed by atoms with van der Waals surface area (Å²) in [6, 6.07) is 6.50. The van der Waals surface area contributed by atoms with Crippen LogP contribution in [-0.2, 0) is 6.42 Å². The first kappa shape index (κ1) is 10.2. The van der Waals surface area contributed by atoms with Crippen LogP contribution < -0.4 is 5.73 Å². The van der Waals surface area contributed by atoms with E-state index in [1.54, 1.807) is 0 Å². The number of H-pyrrole nitrogens is 1. The van der Waals surface area contributed by atoms with Crippen molar-refractivity contribution in [2.45, 2.75) is 26.7 Å². The topological polar surface area (TPSA) is 41.8 Å². The average molecular weight is 202 g/mol. The monoisotopic (exact) mass is 202 g/mol. The minimum Gasteiger partial charge on any atom is -0.358 e. The molecule has 2 aromatic rings. The number of aryl methyl sites for hydroxylation is 3. The second-order valence-corrected chi connectivity index (χ2v) is 4.11. The number of nitrogens with two attached hydrogens (primary N) is 1. The molecule has 0 radical (unpaired) electrons. The molecule has 0 aliphatic rings. The Hall–Kier alpha value is -1.28. The van der Waals surface area contributed by atoms with Crippen LogP contribution in [0.2, 0.25) is 0 Å². The maximum absolute atomic E-state index is 5.55. The fourth-order valence-corrected chi connectivity index (χ4v) is 2.04. The SMILES string of the molecule is Cc1[nH]c2c(CCCN)cccc2c1C. The summed E-state index contributed by atoms with van der Waals surface area (Å²) in [7, 11) is 0. The van der Waals surface area contributed by atoms with Crippen molar-refractivity contribution in [2.75, 3.05) is 6.54 Å². The average Bonchev–Trinajstić information content (AvgIpc) is 2.53. The minimum absolute atomic E-state index is 0.759. The summed E-state index contributed by atoms with van der Waals surface area (Å²) in [4.78, 5) is 3.46. The fourth-order valence-electron chi connectivity index (χ4n) is 2.04. The third kappa shape index (κ3) is 1.77. The molecule has 2 rings (SSSR count). The van der Waals surface area contributed by atoms with Crippen LogP contribution in [0.15, 0.2) is 18.2 Å². The Kier molecular flexibility index (Phi) is 2.78. The normalized spacial score (nSPS) is 11.1. The first-order valence-corrected chi connectivity index (χ1v) is 5.51. The van der Waals surface area contributed by atoms with Gasteiger partial charge in [-0.15, -0.1) is 0 Å². The quantitative estimate of drug-likeness (QED) is 0.789. The predicted molar refractivity (Wildman–Crippen MR) is 65.1 cm³/mol. The van der Waals surface area contributed by atoms with E-state index in [2.05, 4.69) is 37.0 Å². The van der Waals surface area contributed by atoms with Crippen molar-refractivity contribution in [3.8, 4) is 0 Å². The molecule has 0 aliphatic heterocycles. The molecule has 0 spiro atoms. The van der Waals surface area contributed by atoms with Gasteiger partial charge in [0, 0.05) is 16.6 Å². The van der Waals surface area contributed by atoms with E-state index in [4.69, 9.17) is 5.73 Å². The molecule has 1 heterocycles. The molecule has 1 aromatic heterocycles. The van der Waals surface area contributed by atoms with Gasteiger partial charge in [-0.3, -0.25) is 0 Å². The Morgan fingerprint density at radius 3 is 2.80 bits per heavy atom. The first-order valence-electron chi connectivity index (χ1n) is 5.51. The van der Waals surface area contributed by atoms with Crippen molar-refractivity contribution in [1.82, 2.24) is 4.98 Å². The zero-order valence-corrected chi connectivity index (χ0v) is 9.43. The van der Waals surface area contributed by atoms with Crippen LogP contribution in [-0.4, -0.2) is 11.5 Å². The lowest BCUT2D eigenvalue weighted by Crippen LogP contribution is -2.00. The molecule has 0 amide bonds. The second kappa shape index (κ2) is 4.07. The molecular formula is C13H18N2. The number of nitrogens with one attached hydrogen (secondary N) is 1. The van der Waals surface area contributed by atoms with Crippen molar-refractivity contribution < 1.29 is 0 Å². The van der Waals surface area contributed by atoms with Gasteiger partial charge in [-0.05, 0) is 44.4 Å². The standard InChI is InChI=1S/C13H18N2/c1-9-10(2)15-13-11(6-4-8-14)5-3-7-12(9)13/h3,5,7,15H,4,6,8,14H2,1-2H3. The van der Waals surface area contributed by atoms with E-state index in [1.807, 2.05) is 0 Å². The molecule has 0 saturated heterocycles. The van der Waals surface area contributed by atoms with Crippen LogP contribution in [0.1, 0.15) is 23.2 Å². The molecular weight excluding hydrogens is 184 g/mol. The maximum Gasteiger partial charge on any atom is 0.0491 e. The van der Waals surface area contributed by atoms with Crippen LogP contribution in [0.5, 0.6) is 0 Å². The van der Waals surface area contributed by atoms with Gasteiger partial charge in [0.2, 0.25) is 0 Å². The van der Waals surface area contributed by atoms with Crippen LogP contribution in [0.4, 0.5) is 0 Å². The van der Waals surface area contributed by atoms with Crippen molar-refractivity contribution in [2.24, 2.45) is 5.73 Å². The Balaban J connectivity index is 2.51. The molecule has 0 fully saturated rings. The van der Waals surface area contributed by atoms with Crippen LogP contribution in [0.25, 0.3) is 10.9 Å². The van der Waals surface area contributed by atoms with Gasteiger partial charge in [0.25, 0.3) is 0 Å². The minimum atomic E-state index is 0.759. The van der Waals surface area contributed by atoms with Gasteiger partial charge >= 0.3 is 0 Å². The lowest BCUT2D eigenvalue weighted by atomic mass is 10.0. The lowest BCUT2D eigenvalue weighted by Gasteiger charge is -2.01. The molecule has 0 bridgehead atoms. The van der Waals surface area contributed by atoms with E-state index in [1.165, 1.54) is 27.7 Å². The highest BCUT2D eigenvalue weighted by molar-refractivity contribution is 5.87. The number of rotatable bonds is 3. The summed E-state index contributed by atoms with van der Waals surface area (Å²) in [5, 5.41) is 1.35. The summed E-state index contributed by atoms with van der Waals surface area (Å²) < 4.78 is 0. The predicted octanol–water partition coefficient (Wildman–Crippen LogP) is 2.68. The van der Waals surface area contributed by atoms with E-state index >= 15 is 0 Å². The number of benzene rings is 1. The van der Waals surface area contributed by atoms with E-state index in [-0.39, 0.29) is 0 Å². The van der Waals surface area contributed by atoms with Crippen molar-refractivity contribution in [3.63, 3.8) is 0 Å².